The Morgan fingerprint density at radius 1 is 1.53 bits per heavy atom. The Labute approximate surface area is 112 Å². The van der Waals surface area contributed by atoms with E-state index in [1.807, 2.05) is 0 Å². The van der Waals surface area contributed by atoms with Crippen molar-refractivity contribution >= 4 is 29.5 Å². The summed E-state index contributed by atoms with van der Waals surface area (Å²) in [6.45, 7) is 1.62. The highest BCUT2D eigenvalue weighted by Crippen LogP contribution is 2.09. The van der Waals surface area contributed by atoms with Gasteiger partial charge in [-0.05, 0) is 19.1 Å². The van der Waals surface area contributed by atoms with Crippen LogP contribution in [0.1, 0.15) is 22.0 Å². The number of aliphatic carboxylic acids is 1. The zero-order valence-corrected chi connectivity index (χ0v) is 10.9. The van der Waals surface area contributed by atoms with Crippen LogP contribution in [0.2, 0.25) is 0 Å². The van der Waals surface area contributed by atoms with Crippen LogP contribution >= 0.6 is 11.3 Å². The van der Waals surface area contributed by atoms with E-state index in [4.69, 9.17) is 5.11 Å². The molecule has 0 fully saturated rings. The van der Waals surface area contributed by atoms with Crippen molar-refractivity contribution in [3.05, 3.63) is 44.0 Å². The molecule has 2 N–H and O–H groups in total. The number of H-pyrrole nitrogens is 1. The topological polar surface area (TPSA) is 95.9 Å². The number of nitrogens with one attached hydrogen (secondary N) is 1. The standard InChI is InChI=1S/C12H11N3O3S/c1-7-9(4-11(16)17)12(18)15-10(14-7)3-2-8-5-13-6-19-8/h2-3,5-6H,4H2,1H3,(H,16,17)(H,14,15,18). The minimum absolute atomic E-state index is 0.183. The number of carboxylic acids is 1. The number of aryl methyl sites for hydroxylation is 1. The fourth-order valence-electron chi connectivity index (χ4n) is 1.54. The van der Waals surface area contributed by atoms with E-state index < -0.39 is 11.5 Å². The largest absolute Gasteiger partial charge is 0.481 e. The molecule has 2 heterocycles. The minimum atomic E-state index is -1.05. The van der Waals surface area contributed by atoms with E-state index in [1.54, 1.807) is 30.8 Å². The lowest BCUT2D eigenvalue weighted by Crippen LogP contribution is -2.20. The monoisotopic (exact) mass is 277 g/mol. The Kier molecular flexibility index (Phi) is 3.86. The highest BCUT2D eigenvalue weighted by atomic mass is 32.1. The molecule has 0 aromatic carbocycles. The summed E-state index contributed by atoms with van der Waals surface area (Å²) in [5.41, 5.74) is 1.90. The summed E-state index contributed by atoms with van der Waals surface area (Å²) in [4.78, 5) is 34.0. The van der Waals surface area contributed by atoms with Gasteiger partial charge in [0, 0.05) is 22.3 Å². The van der Waals surface area contributed by atoms with Crippen LogP contribution in [0, 0.1) is 6.92 Å². The molecule has 0 spiro atoms. The molecule has 0 saturated heterocycles. The summed E-state index contributed by atoms with van der Waals surface area (Å²) in [5.74, 6) is -0.659. The van der Waals surface area contributed by atoms with E-state index in [1.165, 1.54) is 11.3 Å². The lowest BCUT2D eigenvalue weighted by Gasteiger charge is -2.02. The Bertz CT molecular complexity index is 674. The SMILES string of the molecule is Cc1nc(C=Cc2cncs2)[nH]c(=O)c1CC(=O)O. The van der Waals surface area contributed by atoms with Gasteiger partial charge >= 0.3 is 5.97 Å². The molecule has 2 aromatic heterocycles. The van der Waals surface area contributed by atoms with Crippen LogP contribution < -0.4 is 5.56 Å². The van der Waals surface area contributed by atoms with E-state index in [-0.39, 0.29) is 12.0 Å². The summed E-state index contributed by atoms with van der Waals surface area (Å²) in [5, 5.41) is 8.71. The summed E-state index contributed by atoms with van der Waals surface area (Å²) >= 11 is 1.47. The van der Waals surface area contributed by atoms with Crippen molar-refractivity contribution in [2.75, 3.05) is 0 Å². The van der Waals surface area contributed by atoms with Gasteiger partial charge in [0.25, 0.3) is 5.56 Å². The van der Waals surface area contributed by atoms with Crippen molar-refractivity contribution in [3.63, 3.8) is 0 Å². The lowest BCUT2D eigenvalue weighted by atomic mass is 10.2. The Morgan fingerprint density at radius 2 is 2.32 bits per heavy atom. The highest BCUT2D eigenvalue weighted by molar-refractivity contribution is 7.10. The van der Waals surface area contributed by atoms with Crippen molar-refractivity contribution in [2.24, 2.45) is 0 Å². The quantitative estimate of drug-likeness (QED) is 0.879. The number of rotatable bonds is 4. The van der Waals surface area contributed by atoms with Crippen LogP contribution in [0.5, 0.6) is 0 Å². The minimum Gasteiger partial charge on any atom is -0.481 e. The molecule has 0 amide bonds. The first-order valence-electron chi connectivity index (χ1n) is 5.44. The average Bonchev–Trinajstić information content (AvgIpc) is 2.84. The van der Waals surface area contributed by atoms with Gasteiger partial charge in [-0.25, -0.2) is 4.98 Å². The van der Waals surface area contributed by atoms with E-state index in [9.17, 15) is 9.59 Å². The molecule has 0 unspecified atom stereocenters. The summed E-state index contributed by atoms with van der Waals surface area (Å²) in [7, 11) is 0. The summed E-state index contributed by atoms with van der Waals surface area (Å²) < 4.78 is 0. The molecule has 98 valence electrons. The molecular formula is C12H11N3O3S. The van der Waals surface area contributed by atoms with Gasteiger partial charge < -0.3 is 10.1 Å². The van der Waals surface area contributed by atoms with Gasteiger partial charge in [-0.1, -0.05) is 0 Å². The van der Waals surface area contributed by atoms with Crippen molar-refractivity contribution in [2.45, 2.75) is 13.3 Å². The van der Waals surface area contributed by atoms with Crippen LogP contribution in [0.25, 0.3) is 12.2 Å². The molecule has 0 radical (unpaired) electrons. The molecule has 0 aliphatic carbocycles. The fourth-order valence-corrected chi connectivity index (χ4v) is 2.05. The maximum atomic E-state index is 11.8. The Balaban J connectivity index is 2.30. The second kappa shape index (κ2) is 5.57. The van der Waals surface area contributed by atoms with Gasteiger partial charge in [-0.15, -0.1) is 11.3 Å². The predicted molar refractivity (Wildman–Crippen MR) is 72.0 cm³/mol. The van der Waals surface area contributed by atoms with E-state index in [2.05, 4.69) is 15.0 Å². The maximum absolute atomic E-state index is 11.8. The molecule has 0 aliphatic rings. The first-order valence-corrected chi connectivity index (χ1v) is 6.32. The van der Waals surface area contributed by atoms with Crippen LogP contribution in [-0.2, 0) is 11.2 Å². The van der Waals surface area contributed by atoms with Crippen molar-refractivity contribution < 1.29 is 9.90 Å². The molecular weight excluding hydrogens is 266 g/mol. The van der Waals surface area contributed by atoms with E-state index in [0.29, 0.717) is 11.5 Å². The second-order valence-electron chi connectivity index (χ2n) is 3.82. The Morgan fingerprint density at radius 3 is 2.89 bits per heavy atom. The van der Waals surface area contributed by atoms with Crippen LogP contribution in [0.15, 0.2) is 16.5 Å². The van der Waals surface area contributed by atoms with Crippen molar-refractivity contribution in [1.29, 1.82) is 0 Å². The van der Waals surface area contributed by atoms with Gasteiger partial charge in [0.2, 0.25) is 0 Å². The Hall–Kier alpha value is -2.28. The zero-order chi connectivity index (χ0) is 13.8. The molecule has 7 heteroatoms. The zero-order valence-electron chi connectivity index (χ0n) is 10.1. The average molecular weight is 277 g/mol. The number of carboxylic acid groups (broad SMARTS) is 1. The molecule has 19 heavy (non-hydrogen) atoms. The number of aromatic nitrogens is 3. The van der Waals surface area contributed by atoms with Gasteiger partial charge in [-0.2, -0.15) is 0 Å². The fraction of sp³-hybridized carbons (Fsp3) is 0.167. The molecule has 6 nitrogen and oxygen atoms in total. The smallest absolute Gasteiger partial charge is 0.308 e. The third-order valence-electron chi connectivity index (χ3n) is 2.43. The molecule has 0 atom stereocenters. The van der Waals surface area contributed by atoms with Crippen LogP contribution in [0.3, 0.4) is 0 Å². The summed E-state index contributed by atoms with van der Waals surface area (Å²) in [6.07, 6.45) is 4.82. The maximum Gasteiger partial charge on any atom is 0.308 e. The normalized spacial score (nSPS) is 11.0. The van der Waals surface area contributed by atoms with Gasteiger partial charge in [0.05, 0.1) is 11.9 Å². The molecule has 0 aliphatic heterocycles. The molecule has 0 saturated carbocycles. The number of carbonyl (C=O) groups is 1. The van der Waals surface area contributed by atoms with Crippen molar-refractivity contribution in [1.82, 2.24) is 15.0 Å². The van der Waals surface area contributed by atoms with Crippen molar-refractivity contribution in [3.8, 4) is 0 Å². The predicted octanol–water partition coefficient (Wildman–Crippen LogP) is 1.33. The first kappa shape index (κ1) is 13.2. The van der Waals surface area contributed by atoms with Crippen LogP contribution in [0.4, 0.5) is 0 Å². The van der Waals surface area contributed by atoms with E-state index in [0.717, 1.165) is 4.88 Å². The first-order chi connectivity index (χ1) is 9.06. The second-order valence-corrected chi connectivity index (χ2v) is 4.74. The van der Waals surface area contributed by atoms with Gasteiger partial charge in [-0.3, -0.25) is 14.6 Å². The van der Waals surface area contributed by atoms with Gasteiger partial charge in [0.15, 0.2) is 0 Å². The van der Waals surface area contributed by atoms with Crippen LogP contribution in [-0.4, -0.2) is 26.0 Å². The number of nitrogens with zero attached hydrogens (tertiary/aromatic N) is 2. The molecule has 2 rings (SSSR count). The van der Waals surface area contributed by atoms with E-state index >= 15 is 0 Å². The molecule has 0 bridgehead atoms. The third-order valence-corrected chi connectivity index (χ3v) is 3.17. The van der Waals surface area contributed by atoms with Gasteiger partial charge in [0.1, 0.15) is 5.82 Å². The molecule has 2 aromatic rings. The number of thiazole rings is 1. The highest BCUT2D eigenvalue weighted by Gasteiger charge is 2.10. The lowest BCUT2D eigenvalue weighted by molar-refractivity contribution is -0.136. The number of hydrogen-bond donors (Lipinski definition) is 2. The summed E-state index contributed by atoms with van der Waals surface area (Å²) in [6, 6.07) is 0. The number of aromatic amines is 1. The third kappa shape index (κ3) is 3.35. The number of hydrogen-bond acceptors (Lipinski definition) is 5.